The van der Waals surface area contributed by atoms with Gasteiger partial charge in [-0.1, -0.05) is 6.07 Å². The molecule has 3 fully saturated rings. The zero-order chi connectivity index (χ0) is 28.7. The highest BCUT2D eigenvalue weighted by Crippen LogP contribution is 2.51. The summed E-state index contributed by atoms with van der Waals surface area (Å²) in [6.45, 7) is 5.40. The highest BCUT2D eigenvalue weighted by atomic mass is 19.3. The summed E-state index contributed by atoms with van der Waals surface area (Å²) < 4.78 is 42.3. The lowest BCUT2D eigenvalue weighted by atomic mass is 9.88. The normalized spacial score (nSPS) is 21.8. The molecule has 0 saturated heterocycles. The summed E-state index contributed by atoms with van der Waals surface area (Å²) in [6, 6.07) is 4.27. The molecule has 11 heteroatoms. The summed E-state index contributed by atoms with van der Waals surface area (Å²) in [7, 11) is 0. The van der Waals surface area contributed by atoms with Gasteiger partial charge in [-0.25, -0.2) is 13.2 Å². The van der Waals surface area contributed by atoms with Crippen molar-refractivity contribution in [2.45, 2.75) is 83.3 Å². The molecule has 3 aliphatic carbocycles. The van der Waals surface area contributed by atoms with Crippen LogP contribution in [0.4, 0.5) is 18.9 Å². The molecule has 0 spiro atoms. The van der Waals surface area contributed by atoms with Crippen molar-refractivity contribution in [2.24, 2.45) is 23.7 Å². The fourth-order valence-corrected chi connectivity index (χ4v) is 5.58. The molecule has 1 aromatic carbocycles. The van der Waals surface area contributed by atoms with Crippen LogP contribution in [0, 0.1) is 29.5 Å². The van der Waals surface area contributed by atoms with Gasteiger partial charge >= 0.3 is 0 Å². The van der Waals surface area contributed by atoms with Gasteiger partial charge in [0.1, 0.15) is 17.6 Å². The number of carbonyl (C=O) groups excluding carboxylic acids is 3. The molecule has 2 unspecified atom stereocenters. The third kappa shape index (κ3) is 6.18. The molecule has 3 saturated carbocycles. The third-order valence-corrected chi connectivity index (χ3v) is 8.31. The Morgan fingerprint density at radius 3 is 2.23 bits per heavy atom. The van der Waals surface area contributed by atoms with Crippen LogP contribution >= 0.6 is 0 Å². The summed E-state index contributed by atoms with van der Waals surface area (Å²) in [4.78, 5) is 39.4. The second kappa shape index (κ2) is 11.2. The van der Waals surface area contributed by atoms with E-state index in [1.54, 1.807) is 23.9 Å². The van der Waals surface area contributed by atoms with E-state index in [1.807, 2.05) is 13.8 Å². The Morgan fingerprint density at radius 1 is 1.00 bits per heavy atom. The summed E-state index contributed by atoms with van der Waals surface area (Å²) in [5, 5.41) is 12.4. The van der Waals surface area contributed by atoms with Crippen molar-refractivity contribution < 1.29 is 27.6 Å². The maximum atomic E-state index is 15.2. The van der Waals surface area contributed by atoms with E-state index in [1.165, 1.54) is 18.2 Å². The van der Waals surface area contributed by atoms with E-state index in [9.17, 15) is 23.2 Å². The number of nitrogens with zero attached hydrogens (tertiary/aromatic N) is 2. The molecule has 3 N–H and O–H groups in total. The molecule has 0 aliphatic heterocycles. The SMILES string of the molecule is CC(C)n1nccc1C(=O)N[C@H](C(=O)Nc1ccc([C@H](C)C(=O)NC2CC2C(F)F)cc1F)C(C1CC1)C1CC1. The van der Waals surface area contributed by atoms with E-state index in [4.69, 9.17) is 0 Å². The van der Waals surface area contributed by atoms with Gasteiger partial charge in [0, 0.05) is 24.2 Å². The molecule has 5 rings (SSSR count). The van der Waals surface area contributed by atoms with Crippen molar-refractivity contribution in [3.05, 3.63) is 47.5 Å². The lowest BCUT2D eigenvalue weighted by molar-refractivity contribution is -0.122. The summed E-state index contributed by atoms with van der Waals surface area (Å²) in [6.07, 6.45) is 3.27. The molecule has 0 bridgehead atoms. The lowest BCUT2D eigenvalue weighted by Crippen LogP contribution is -2.50. The van der Waals surface area contributed by atoms with Crippen LogP contribution < -0.4 is 16.0 Å². The molecule has 216 valence electrons. The zero-order valence-electron chi connectivity index (χ0n) is 22.9. The molecule has 4 atom stereocenters. The van der Waals surface area contributed by atoms with E-state index < -0.39 is 53.9 Å². The number of amides is 3. The monoisotopic (exact) mass is 559 g/mol. The first-order valence-electron chi connectivity index (χ1n) is 14.1. The molecule has 8 nitrogen and oxygen atoms in total. The second-order valence-corrected chi connectivity index (χ2v) is 11.8. The number of hydrogen-bond acceptors (Lipinski definition) is 4. The number of hydrogen-bond donors (Lipinski definition) is 3. The second-order valence-electron chi connectivity index (χ2n) is 11.8. The summed E-state index contributed by atoms with van der Waals surface area (Å²) in [5.41, 5.74) is 0.660. The van der Waals surface area contributed by atoms with Gasteiger partial charge in [-0.3, -0.25) is 19.1 Å². The van der Waals surface area contributed by atoms with E-state index in [0.29, 0.717) is 23.1 Å². The van der Waals surface area contributed by atoms with E-state index in [0.717, 1.165) is 25.7 Å². The van der Waals surface area contributed by atoms with Crippen molar-refractivity contribution in [1.82, 2.24) is 20.4 Å². The predicted molar refractivity (Wildman–Crippen MR) is 142 cm³/mol. The molecule has 2 aromatic rings. The Balaban J connectivity index is 1.29. The maximum Gasteiger partial charge on any atom is 0.270 e. The molecular weight excluding hydrogens is 523 g/mol. The van der Waals surface area contributed by atoms with Crippen LogP contribution in [0.2, 0.25) is 0 Å². The third-order valence-electron chi connectivity index (χ3n) is 8.31. The van der Waals surface area contributed by atoms with Crippen molar-refractivity contribution in [3.63, 3.8) is 0 Å². The van der Waals surface area contributed by atoms with Gasteiger partial charge in [0.05, 0.1) is 11.6 Å². The molecule has 1 heterocycles. The average Bonchev–Trinajstić information content (AvgIpc) is 3.80. The minimum Gasteiger partial charge on any atom is -0.352 e. The molecule has 40 heavy (non-hydrogen) atoms. The Morgan fingerprint density at radius 2 is 1.68 bits per heavy atom. The number of nitrogens with one attached hydrogen (secondary N) is 3. The number of alkyl halides is 2. The topological polar surface area (TPSA) is 105 Å². The quantitative estimate of drug-likeness (QED) is 0.352. The largest absolute Gasteiger partial charge is 0.352 e. The number of carbonyl (C=O) groups is 3. The van der Waals surface area contributed by atoms with Crippen LogP contribution in [0.25, 0.3) is 0 Å². The fraction of sp³-hybridized carbons (Fsp3) is 0.586. The van der Waals surface area contributed by atoms with Gasteiger partial charge < -0.3 is 16.0 Å². The smallest absolute Gasteiger partial charge is 0.270 e. The summed E-state index contributed by atoms with van der Waals surface area (Å²) in [5.74, 6) is -3.03. The van der Waals surface area contributed by atoms with Gasteiger partial charge in [0.15, 0.2) is 0 Å². The Bertz CT molecular complexity index is 1260. The predicted octanol–water partition coefficient (Wildman–Crippen LogP) is 4.65. The highest BCUT2D eigenvalue weighted by Gasteiger charge is 2.49. The van der Waals surface area contributed by atoms with Crippen molar-refractivity contribution in [2.75, 3.05) is 5.32 Å². The van der Waals surface area contributed by atoms with Crippen LogP contribution in [-0.4, -0.2) is 46.0 Å². The maximum absolute atomic E-state index is 15.2. The zero-order valence-corrected chi connectivity index (χ0v) is 22.9. The van der Waals surface area contributed by atoms with E-state index in [2.05, 4.69) is 21.0 Å². The summed E-state index contributed by atoms with van der Waals surface area (Å²) >= 11 is 0. The van der Waals surface area contributed by atoms with Gasteiger partial charge in [-0.05, 0) is 94.4 Å². The van der Waals surface area contributed by atoms with Crippen LogP contribution in [0.3, 0.4) is 0 Å². The van der Waals surface area contributed by atoms with Crippen molar-refractivity contribution in [3.8, 4) is 0 Å². The molecule has 1 aromatic heterocycles. The minimum atomic E-state index is -2.48. The van der Waals surface area contributed by atoms with Crippen molar-refractivity contribution in [1.29, 1.82) is 0 Å². The highest BCUT2D eigenvalue weighted by molar-refractivity contribution is 6.01. The number of anilines is 1. The first kappa shape index (κ1) is 28.2. The number of rotatable bonds is 12. The minimum absolute atomic E-state index is 0.0371. The average molecular weight is 560 g/mol. The standard InChI is InChI=1S/C29H36F3N5O3/c1-14(2)37-23(10-11-33-37)28(39)36-25(24(16-4-5-16)17-6-7-17)29(40)34-21-9-8-18(12-20(21)30)15(3)27(38)35-22-13-19(22)26(31)32/h8-12,14-17,19,22,24-26H,4-7,13H2,1-3H3,(H,34,40)(H,35,38)(H,36,39)/t15-,19?,22?,25-/m0/s1. The van der Waals surface area contributed by atoms with Gasteiger partial charge in [-0.2, -0.15) is 5.10 Å². The van der Waals surface area contributed by atoms with Crippen LogP contribution in [0.1, 0.15) is 80.9 Å². The fourth-order valence-electron chi connectivity index (χ4n) is 5.58. The Hall–Kier alpha value is -3.37. The van der Waals surface area contributed by atoms with Gasteiger partial charge in [-0.15, -0.1) is 0 Å². The van der Waals surface area contributed by atoms with Crippen LogP contribution in [-0.2, 0) is 9.59 Å². The van der Waals surface area contributed by atoms with Gasteiger partial charge in [0.2, 0.25) is 18.2 Å². The van der Waals surface area contributed by atoms with Crippen LogP contribution in [0.5, 0.6) is 0 Å². The lowest BCUT2D eigenvalue weighted by Gasteiger charge is -2.28. The number of benzene rings is 1. The molecular formula is C29H36F3N5O3. The molecule has 0 radical (unpaired) electrons. The Kier molecular flexibility index (Phi) is 7.92. The Labute approximate surface area is 231 Å². The van der Waals surface area contributed by atoms with Gasteiger partial charge in [0.25, 0.3) is 5.91 Å². The molecule has 3 amide bonds. The first-order chi connectivity index (χ1) is 19.0. The van der Waals surface area contributed by atoms with Crippen molar-refractivity contribution >= 4 is 23.4 Å². The first-order valence-corrected chi connectivity index (χ1v) is 14.1. The molecule has 3 aliphatic rings. The number of aromatic nitrogens is 2. The van der Waals surface area contributed by atoms with Crippen LogP contribution in [0.15, 0.2) is 30.5 Å². The van der Waals surface area contributed by atoms with E-state index >= 15 is 4.39 Å². The number of halogens is 3. The van der Waals surface area contributed by atoms with E-state index in [-0.39, 0.29) is 24.1 Å².